The Hall–Kier alpha value is -3.41. The highest BCUT2D eigenvalue weighted by Gasteiger charge is 2.34. The molecule has 0 saturated carbocycles. The lowest BCUT2D eigenvalue weighted by Crippen LogP contribution is -2.24. The Bertz CT molecular complexity index is 1190. The van der Waals surface area contributed by atoms with Gasteiger partial charge in [-0.15, -0.1) is 0 Å². The molecule has 1 aliphatic heterocycles. The summed E-state index contributed by atoms with van der Waals surface area (Å²) in [5.74, 6) is 1.08. The van der Waals surface area contributed by atoms with Crippen molar-refractivity contribution in [2.24, 2.45) is 0 Å². The van der Waals surface area contributed by atoms with E-state index >= 15 is 0 Å². The molecule has 1 atom stereocenters. The van der Waals surface area contributed by atoms with Gasteiger partial charge in [-0.2, -0.15) is 4.98 Å². The van der Waals surface area contributed by atoms with Crippen LogP contribution in [0.25, 0.3) is 22.4 Å². The minimum Gasteiger partial charge on any atom is -0.361 e. The van der Waals surface area contributed by atoms with Crippen LogP contribution < -0.4 is 4.90 Å². The van der Waals surface area contributed by atoms with E-state index in [2.05, 4.69) is 41.1 Å². The Kier molecular flexibility index (Phi) is 3.79. The predicted molar refractivity (Wildman–Crippen MR) is 107 cm³/mol. The number of nitrogens with zero attached hydrogens (tertiary/aromatic N) is 3. The van der Waals surface area contributed by atoms with Crippen LogP contribution in [-0.2, 0) is 4.79 Å². The fraction of sp³-hybridized carbons (Fsp3) is 0.227. The van der Waals surface area contributed by atoms with Gasteiger partial charge in [0.05, 0.1) is 0 Å². The molecular formula is C22H20N4O2. The van der Waals surface area contributed by atoms with Gasteiger partial charge < -0.3 is 14.4 Å². The number of nitrogens with one attached hydrogen (secondary N) is 1. The van der Waals surface area contributed by atoms with Crippen LogP contribution in [0.4, 0.5) is 5.69 Å². The fourth-order valence-electron chi connectivity index (χ4n) is 3.72. The average Bonchev–Trinajstić information content (AvgIpc) is 3.42. The molecule has 3 heterocycles. The van der Waals surface area contributed by atoms with Gasteiger partial charge in [-0.1, -0.05) is 17.3 Å². The molecule has 140 valence electrons. The number of carbonyl (C=O) groups is 1. The molecule has 1 amide bonds. The molecule has 1 saturated heterocycles. The van der Waals surface area contributed by atoms with Gasteiger partial charge in [0.2, 0.25) is 5.91 Å². The summed E-state index contributed by atoms with van der Waals surface area (Å²) in [4.78, 5) is 22.2. The molecule has 1 N–H and O–H groups in total. The summed E-state index contributed by atoms with van der Waals surface area (Å²) in [5, 5.41) is 5.29. The van der Waals surface area contributed by atoms with Crippen LogP contribution in [0.1, 0.15) is 29.3 Å². The van der Waals surface area contributed by atoms with Gasteiger partial charge in [-0.3, -0.25) is 4.79 Å². The van der Waals surface area contributed by atoms with E-state index in [1.807, 2.05) is 41.4 Å². The van der Waals surface area contributed by atoms with E-state index in [9.17, 15) is 4.79 Å². The number of hydrogen-bond donors (Lipinski definition) is 1. The maximum absolute atomic E-state index is 12.6. The predicted octanol–water partition coefficient (Wildman–Crippen LogP) is 4.36. The van der Waals surface area contributed by atoms with E-state index in [-0.39, 0.29) is 11.8 Å². The van der Waals surface area contributed by atoms with Crippen molar-refractivity contribution in [3.05, 3.63) is 65.6 Å². The Morgan fingerprint density at radius 3 is 2.86 bits per heavy atom. The standard InChI is InChI=1S/C22H20N4O2/c1-13-3-6-18(9-14(13)2)26-12-17(11-20(26)27)21-24-22(28-25-21)16-5-4-15-7-8-23-19(15)10-16/h3-10,17,23H,11-12H2,1-2H3. The third-order valence-electron chi connectivity index (χ3n) is 5.54. The van der Waals surface area contributed by atoms with Gasteiger partial charge in [0, 0.05) is 41.8 Å². The molecule has 1 aliphatic rings. The van der Waals surface area contributed by atoms with Crippen molar-refractivity contribution in [2.75, 3.05) is 11.4 Å². The average molecular weight is 372 g/mol. The van der Waals surface area contributed by atoms with Crippen LogP contribution >= 0.6 is 0 Å². The second-order valence-electron chi connectivity index (χ2n) is 7.41. The molecule has 0 bridgehead atoms. The minimum atomic E-state index is -0.0687. The number of rotatable bonds is 3. The van der Waals surface area contributed by atoms with Crippen molar-refractivity contribution in [1.82, 2.24) is 15.1 Å². The lowest BCUT2D eigenvalue weighted by Gasteiger charge is -2.17. The molecule has 0 radical (unpaired) electrons. The number of aryl methyl sites for hydroxylation is 2. The summed E-state index contributed by atoms with van der Waals surface area (Å²) in [6.45, 7) is 4.69. The number of fused-ring (bicyclic) bond motifs is 1. The first-order valence-corrected chi connectivity index (χ1v) is 9.37. The number of aromatic amines is 1. The monoisotopic (exact) mass is 372 g/mol. The molecule has 2 aromatic heterocycles. The highest BCUT2D eigenvalue weighted by Crippen LogP contribution is 2.32. The van der Waals surface area contributed by atoms with Crippen molar-refractivity contribution >= 4 is 22.5 Å². The number of amides is 1. The highest BCUT2D eigenvalue weighted by atomic mass is 16.5. The maximum atomic E-state index is 12.6. The zero-order valence-electron chi connectivity index (χ0n) is 15.8. The molecule has 5 rings (SSSR count). The Balaban J connectivity index is 1.40. The number of carbonyl (C=O) groups excluding carboxylic acids is 1. The topological polar surface area (TPSA) is 75.0 Å². The number of benzene rings is 2. The first-order chi connectivity index (χ1) is 13.6. The molecule has 28 heavy (non-hydrogen) atoms. The van der Waals surface area contributed by atoms with Crippen molar-refractivity contribution < 1.29 is 9.32 Å². The summed E-state index contributed by atoms with van der Waals surface area (Å²) in [6, 6.07) is 14.1. The van der Waals surface area contributed by atoms with Gasteiger partial charge in [0.25, 0.3) is 5.89 Å². The van der Waals surface area contributed by atoms with Crippen LogP contribution in [0, 0.1) is 13.8 Å². The van der Waals surface area contributed by atoms with Crippen LogP contribution in [0.3, 0.4) is 0 Å². The number of H-pyrrole nitrogens is 1. The summed E-state index contributed by atoms with van der Waals surface area (Å²) in [7, 11) is 0. The normalized spacial score (nSPS) is 17.0. The zero-order chi connectivity index (χ0) is 19.3. The quantitative estimate of drug-likeness (QED) is 0.580. The van der Waals surface area contributed by atoms with E-state index in [0.717, 1.165) is 22.2 Å². The van der Waals surface area contributed by atoms with Crippen LogP contribution in [-0.4, -0.2) is 27.6 Å². The second-order valence-corrected chi connectivity index (χ2v) is 7.41. The lowest BCUT2D eigenvalue weighted by molar-refractivity contribution is -0.117. The van der Waals surface area contributed by atoms with Crippen molar-refractivity contribution in [2.45, 2.75) is 26.2 Å². The Labute approximate surface area is 162 Å². The molecule has 0 aliphatic carbocycles. The van der Waals surface area contributed by atoms with Crippen LogP contribution in [0.15, 0.2) is 53.2 Å². The first-order valence-electron chi connectivity index (χ1n) is 9.37. The summed E-state index contributed by atoms with van der Waals surface area (Å²) in [6.07, 6.45) is 2.29. The van der Waals surface area contributed by atoms with Crippen molar-refractivity contribution in [1.29, 1.82) is 0 Å². The van der Waals surface area contributed by atoms with Crippen LogP contribution in [0.5, 0.6) is 0 Å². The number of hydrogen-bond acceptors (Lipinski definition) is 4. The minimum absolute atomic E-state index is 0.0687. The zero-order valence-corrected chi connectivity index (χ0v) is 15.8. The molecule has 1 fully saturated rings. The maximum Gasteiger partial charge on any atom is 0.258 e. The SMILES string of the molecule is Cc1ccc(N2CC(c3noc(-c4ccc5cc[nH]c5c4)n3)CC2=O)cc1C. The van der Waals surface area contributed by atoms with Crippen LogP contribution in [0.2, 0.25) is 0 Å². The van der Waals surface area contributed by atoms with Crippen molar-refractivity contribution in [3.63, 3.8) is 0 Å². The largest absolute Gasteiger partial charge is 0.361 e. The fourth-order valence-corrected chi connectivity index (χ4v) is 3.72. The molecule has 0 spiro atoms. The molecule has 6 heteroatoms. The van der Waals surface area contributed by atoms with E-state index in [4.69, 9.17) is 4.52 Å². The molecule has 4 aromatic rings. The van der Waals surface area contributed by atoms with Gasteiger partial charge in [0.15, 0.2) is 5.82 Å². The van der Waals surface area contributed by atoms with Gasteiger partial charge >= 0.3 is 0 Å². The summed E-state index contributed by atoms with van der Waals surface area (Å²) < 4.78 is 5.49. The summed E-state index contributed by atoms with van der Waals surface area (Å²) >= 11 is 0. The van der Waals surface area contributed by atoms with Gasteiger partial charge in [-0.05, 0) is 60.7 Å². The Morgan fingerprint density at radius 2 is 2.00 bits per heavy atom. The number of aromatic nitrogens is 3. The highest BCUT2D eigenvalue weighted by molar-refractivity contribution is 5.96. The Morgan fingerprint density at radius 1 is 1.11 bits per heavy atom. The number of anilines is 1. The molecule has 2 aromatic carbocycles. The van der Waals surface area contributed by atoms with E-state index in [0.29, 0.717) is 24.7 Å². The van der Waals surface area contributed by atoms with E-state index in [1.165, 1.54) is 11.1 Å². The first kappa shape index (κ1) is 16.7. The third kappa shape index (κ3) is 2.78. The molecular weight excluding hydrogens is 352 g/mol. The van der Waals surface area contributed by atoms with Gasteiger partial charge in [-0.25, -0.2) is 0 Å². The van der Waals surface area contributed by atoms with Gasteiger partial charge in [0.1, 0.15) is 0 Å². The molecule has 1 unspecified atom stereocenters. The smallest absolute Gasteiger partial charge is 0.258 e. The summed E-state index contributed by atoms with van der Waals surface area (Å²) in [5.41, 5.74) is 5.21. The van der Waals surface area contributed by atoms with E-state index in [1.54, 1.807) is 0 Å². The lowest BCUT2D eigenvalue weighted by atomic mass is 10.1. The third-order valence-corrected chi connectivity index (χ3v) is 5.54. The van der Waals surface area contributed by atoms with E-state index < -0.39 is 0 Å². The van der Waals surface area contributed by atoms with Crippen molar-refractivity contribution in [3.8, 4) is 11.5 Å². The molecule has 6 nitrogen and oxygen atoms in total. The second kappa shape index (κ2) is 6.34.